The third-order valence-electron chi connectivity index (χ3n) is 3.64. The van der Waals surface area contributed by atoms with Crippen molar-refractivity contribution in [3.05, 3.63) is 70.4 Å². The highest BCUT2D eigenvalue weighted by Crippen LogP contribution is 2.23. The molecule has 0 radical (unpaired) electrons. The van der Waals surface area contributed by atoms with Gasteiger partial charge in [0.2, 0.25) is 5.78 Å². The number of H-pyrrole nitrogens is 1. The summed E-state index contributed by atoms with van der Waals surface area (Å²) in [7, 11) is 0. The number of carbonyl (C=O) groups is 1. The second kappa shape index (κ2) is 6.05. The molecule has 0 saturated heterocycles. The average molecular weight is 323 g/mol. The predicted octanol–water partition coefficient (Wildman–Crippen LogP) is 3.94. The fourth-order valence-corrected chi connectivity index (χ4v) is 2.36. The van der Waals surface area contributed by atoms with E-state index in [1.54, 1.807) is 13.0 Å². The quantitative estimate of drug-likeness (QED) is 0.451. The van der Waals surface area contributed by atoms with E-state index < -0.39 is 17.4 Å². The first-order valence-corrected chi connectivity index (χ1v) is 7.06. The number of benzene rings is 2. The monoisotopic (exact) mass is 323 g/mol. The van der Waals surface area contributed by atoms with Crippen LogP contribution in [-0.4, -0.2) is 16.0 Å². The zero-order chi connectivity index (χ0) is 17.3. The van der Waals surface area contributed by atoms with Gasteiger partial charge in [-0.15, -0.1) is 0 Å². The lowest BCUT2D eigenvalue weighted by Gasteiger charge is -2.02. The Hall–Kier alpha value is -3.33. The van der Waals surface area contributed by atoms with E-state index in [0.717, 1.165) is 12.1 Å². The molecule has 0 fully saturated rings. The zero-order valence-corrected chi connectivity index (χ0v) is 12.6. The molecular formula is C18H11F2N3O. The summed E-state index contributed by atoms with van der Waals surface area (Å²) in [4.78, 5) is 12.3. The van der Waals surface area contributed by atoms with Crippen LogP contribution in [0.15, 0.2) is 42.0 Å². The van der Waals surface area contributed by atoms with Crippen molar-refractivity contribution < 1.29 is 13.6 Å². The SMILES string of the molecule is Cc1n[nH]c2cc(F)c(/C=C(\C#N)C(=O)c3ccc(F)cc3)cc12. The Morgan fingerprint density at radius 3 is 2.62 bits per heavy atom. The highest BCUT2D eigenvalue weighted by molar-refractivity contribution is 6.14. The van der Waals surface area contributed by atoms with E-state index in [2.05, 4.69) is 10.2 Å². The van der Waals surface area contributed by atoms with Crippen LogP contribution in [-0.2, 0) is 0 Å². The number of aryl methyl sites for hydroxylation is 1. The Kier molecular flexibility index (Phi) is 3.92. The minimum absolute atomic E-state index is 0.110. The highest BCUT2D eigenvalue weighted by atomic mass is 19.1. The predicted molar refractivity (Wildman–Crippen MR) is 85.1 cm³/mol. The van der Waals surface area contributed by atoms with E-state index in [1.165, 1.54) is 30.3 Å². The van der Waals surface area contributed by atoms with Crippen molar-refractivity contribution in [1.29, 1.82) is 5.26 Å². The van der Waals surface area contributed by atoms with Gasteiger partial charge < -0.3 is 0 Å². The van der Waals surface area contributed by atoms with Crippen molar-refractivity contribution in [3.8, 4) is 6.07 Å². The number of fused-ring (bicyclic) bond motifs is 1. The number of nitrogens with zero attached hydrogens (tertiary/aromatic N) is 2. The molecule has 1 heterocycles. The van der Waals surface area contributed by atoms with Gasteiger partial charge in [0.05, 0.1) is 11.2 Å². The Balaban J connectivity index is 2.06. The number of hydrogen-bond acceptors (Lipinski definition) is 3. The van der Waals surface area contributed by atoms with Crippen molar-refractivity contribution in [2.24, 2.45) is 0 Å². The van der Waals surface area contributed by atoms with E-state index in [4.69, 9.17) is 0 Å². The standard InChI is InChI=1S/C18H11F2N3O/c1-10-15-7-12(16(20)8-17(15)23-22-10)6-13(9-21)18(24)11-2-4-14(19)5-3-11/h2-8H,1H3,(H,22,23)/b13-6+. The normalized spacial score (nSPS) is 11.5. The van der Waals surface area contributed by atoms with Crippen molar-refractivity contribution >= 4 is 22.8 Å². The number of carbonyl (C=O) groups excluding carboxylic acids is 1. The largest absolute Gasteiger partial charge is 0.288 e. The summed E-state index contributed by atoms with van der Waals surface area (Å²) in [5, 5.41) is 16.6. The number of allylic oxidation sites excluding steroid dienone is 1. The molecule has 1 N–H and O–H groups in total. The summed E-state index contributed by atoms with van der Waals surface area (Å²) >= 11 is 0. The Bertz CT molecular complexity index is 1010. The Morgan fingerprint density at radius 1 is 1.25 bits per heavy atom. The van der Waals surface area contributed by atoms with Gasteiger partial charge in [-0.3, -0.25) is 9.89 Å². The van der Waals surface area contributed by atoms with Crippen molar-refractivity contribution in [3.63, 3.8) is 0 Å². The molecule has 24 heavy (non-hydrogen) atoms. The van der Waals surface area contributed by atoms with Crippen LogP contribution in [0.25, 0.3) is 17.0 Å². The number of nitrogens with one attached hydrogen (secondary N) is 1. The van der Waals surface area contributed by atoms with E-state index >= 15 is 0 Å². The van der Waals surface area contributed by atoms with E-state index in [0.29, 0.717) is 16.6 Å². The van der Waals surface area contributed by atoms with E-state index in [1.807, 2.05) is 0 Å². The maximum atomic E-state index is 14.2. The molecule has 2 aromatic carbocycles. The summed E-state index contributed by atoms with van der Waals surface area (Å²) in [6.07, 6.45) is 1.19. The van der Waals surface area contributed by atoms with Gasteiger partial charge in [-0.25, -0.2) is 8.78 Å². The second-order valence-corrected chi connectivity index (χ2v) is 5.23. The van der Waals surface area contributed by atoms with E-state index in [9.17, 15) is 18.8 Å². The number of aromatic amines is 1. The lowest BCUT2D eigenvalue weighted by atomic mass is 10.0. The molecule has 118 valence electrons. The van der Waals surface area contributed by atoms with Gasteiger partial charge in [0, 0.05) is 22.6 Å². The number of halogens is 2. The topological polar surface area (TPSA) is 69.5 Å². The highest BCUT2D eigenvalue weighted by Gasteiger charge is 2.14. The fourth-order valence-electron chi connectivity index (χ4n) is 2.36. The molecule has 3 rings (SSSR count). The molecule has 0 atom stereocenters. The molecule has 4 nitrogen and oxygen atoms in total. The van der Waals surface area contributed by atoms with Crippen LogP contribution in [0.1, 0.15) is 21.6 Å². The average Bonchev–Trinajstić information content (AvgIpc) is 2.93. The number of rotatable bonds is 3. The number of aromatic nitrogens is 2. The molecule has 0 aliphatic heterocycles. The first-order valence-electron chi connectivity index (χ1n) is 7.06. The molecule has 0 bridgehead atoms. The maximum Gasteiger partial charge on any atom is 0.203 e. The van der Waals surface area contributed by atoms with Gasteiger partial charge in [-0.1, -0.05) is 0 Å². The number of ketones is 1. The minimum Gasteiger partial charge on any atom is -0.288 e. The van der Waals surface area contributed by atoms with Gasteiger partial charge in [0.1, 0.15) is 23.3 Å². The molecule has 3 aromatic rings. The molecule has 0 amide bonds. The lowest BCUT2D eigenvalue weighted by Crippen LogP contribution is -2.02. The van der Waals surface area contributed by atoms with Crippen LogP contribution >= 0.6 is 0 Å². The fraction of sp³-hybridized carbons (Fsp3) is 0.0556. The summed E-state index contributed by atoms with van der Waals surface area (Å²) in [6, 6.07) is 9.38. The van der Waals surface area contributed by atoms with E-state index in [-0.39, 0.29) is 16.7 Å². The summed E-state index contributed by atoms with van der Waals surface area (Å²) in [5.41, 5.74) is 1.25. The molecule has 0 aliphatic rings. The minimum atomic E-state index is -0.596. The molecular weight excluding hydrogens is 312 g/mol. The van der Waals surface area contributed by atoms with Gasteiger partial charge in [-0.05, 0) is 43.3 Å². The smallest absolute Gasteiger partial charge is 0.203 e. The zero-order valence-electron chi connectivity index (χ0n) is 12.6. The van der Waals surface area contributed by atoms with Crippen LogP contribution in [0.3, 0.4) is 0 Å². The summed E-state index contributed by atoms with van der Waals surface area (Å²) < 4.78 is 27.1. The van der Waals surface area contributed by atoms with Crippen LogP contribution in [0, 0.1) is 29.9 Å². The summed E-state index contributed by atoms with van der Waals surface area (Å²) in [6.45, 7) is 1.76. The van der Waals surface area contributed by atoms with Gasteiger partial charge in [0.15, 0.2) is 0 Å². The van der Waals surface area contributed by atoms with Gasteiger partial charge in [0.25, 0.3) is 0 Å². The van der Waals surface area contributed by atoms with Crippen LogP contribution < -0.4 is 0 Å². The van der Waals surface area contributed by atoms with Crippen LogP contribution in [0.5, 0.6) is 0 Å². The van der Waals surface area contributed by atoms with Crippen LogP contribution in [0.4, 0.5) is 8.78 Å². The first kappa shape index (κ1) is 15.6. The summed E-state index contributed by atoms with van der Waals surface area (Å²) in [5.74, 6) is -1.66. The molecule has 1 aromatic heterocycles. The number of Topliss-reactive ketones (excluding diaryl/α,β-unsaturated/α-hetero) is 1. The molecule has 0 spiro atoms. The third-order valence-corrected chi connectivity index (χ3v) is 3.64. The molecule has 0 aliphatic carbocycles. The Morgan fingerprint density at radius 2 is 1.96 bits per heavy atom. The maximum absolute atomic E-state index is 14.2. The van der Waals surface area contributed by atoms with Crippen molar-refractivity contribution in [2.75, 3.05) is 0 Å². The van der Waals surface area contributed by atoms with Crippen LogP contribution in [0.2, 0.25) is 0 Å². The van der Waals surface area contributed by atoms with Crippen molar-refractivity contribution in [2.45, 2.75) is 6.92 Å². The van der Waals surface area contributed by atoms with Gasteiger partial charge in [-0.2, -0.15) is 10.4 Å². The number of hydrogen-bond donors (Lipinski definition) is 1. The lowest BCUT2D eigenvalue weighted by molar-refractivity contribution is 0.104. The molecule has 6 heteroatoms. The molecule has 0 unspecified atom stereocenters. The molecule has 0 saturated carbocycles. The van der Waals surface area contributed by atoms with Crippen molar-refractivity contribution in [1.82, 2.24) is 10.2 Å². The third kappa shape index (κ3) is 2.79. The first-order chi connectivity index (χ1) is 11.5. The second-order valence-electron chi connectivity index (χ2n) is 5.23. The van der Waals surface area contributed by atoms with Gasteiger partial charge >= 0.3 is 0 Å². The number of nitriles is 1. The Labute approximate surface area is 136 Å².